The molecule has 0 saturated carbocycles. The molecule has 2 aromatic rings. The fourth-order valence-corrected chi connectivity index (χ4v) is 1.97. The monoisotopic (exact) mass is 257 g/mol. The smallest absolute Gasteiger partial charge is 0.255 e. The van der Waals surface area contributed by atoms with Crippen LogP contribution in [0.4, 0.5) is 0 Å². The summed E-state index contributed by atoms with van der Waals surface area (Å²) in [7, 11) is 1.59. The highest BCUT2D eigenvalue weighted by atomic mass is 16.5. The Kier molecular flexibility index (Phi) is 4.05. The van der Waals surface area contributed by atoms with Crippen LogP contribution in [-0.2, 0) is 0 Å². The van der Waals surface area contributed by atoms with Crippen molar-refractivity contribution in [3.63, 3.8) is 0 Å². The molecule has 1 N–H and O–H groups in total. The molecule has 0 heterocycles. The van der Waals surface area contributed by atoms with Crippen LogP contribution < -0.4 is 10.1 Å². The molecule has 1 atom stereocenters. The summed E-state index contributed by atoms with van der Waals surface area (Å²) in [6.45, 7) is 4.04. The van der Waals surface area contributed by atoms with E-state index in [4.69, 9.17) is 4.74 Å². The second-order valence-corrected chi connectivity index (χ2v) is 4.68. The zero-order chi connectivity index (χ0) is 13.8. The molecule has 0 radical (unpaired) electrons. The van der Waals surface area contributed by atoms with Crippen molar-refractivity contribution in [2.75, 3.05) is 7.11 Å². The summed E-state index contributed by atoms with van der Waals surface area (Å²) in [6, 6.07) is 11.9. The maximum atomic E-state index is 12.2. The zero-order valence-electron chi connectivity index (χ0n) is 11.6. The van der Waals surface area contributed by atoms with Crippen LogP contribution in [0.5, 0.6) is 5.75 Å². The van der Waals surface area contributed by atoms with Gasteiger partial charge >= 0.3 is 0 Å². The largest absolute Gasteiger partial charge is 0.496 e. The molecule has 0 saturated heterocycles. The van der Waals surface area contributed by atoms with Crippen LogP contribution in [0.25, 0.3) is 10.8 Å². The lowest BCUT2D eigenvalue weighted by Crippen LogP contribution is -2.32. The third-order valence-corrected chi connectivity index (χ3v) is 3.30. The van der Waals surface area contributed by atoms with Gasteiger partial charge < -0.3 is 10.1 Å². The molecule has 0 aliphatic rings. The van der Waals surface area contributed by atoms with Crippen molar-refractivity contribution in [2.24, 2.45) is 0 Å². The predicted molar refractivity (Wildman–Crippen MR) is 77.7 cm³/mol. The first-order valence-electron chi connectivity index (χ1n) is 6.53. The van der Waals surface area contributed by atoms with E-state index >= 15 is 0 Å². The number of rotatable bonds is 4. The third-order valence-electron chi connectivity index (χ3n) is 3.30. The van der Waals surface area contributed by atoms with Gasteiger partial charge in [0, 0.05) is 6.04 Å². The first-order valence-corrected chi connectivity index (χ1v) is 6.53. The average Bonchev–Trinajstić information content (AvgIpc) is 2.45. The van der Waals surface area contributed by atoms with E-state index < -0.39 is 0 Å². The van der Waals surface area contributed by atoms with Gasteiger partial charge in [0.1, 0.15) is 5.75 Å². The molecule has 1 amide bonds. The summed E-state index contributed by atoms with van der Waals surface area (Å²) in [5.74, 6) is 0.524. The van der Waals surface area contributed by atoms with E-state index in [1.807, 2.05) is 50.2 Å². The Balaban J connectivity index is 2.43. The predicted octanol–water partition coefficient (Wildman–Crippen LogP) is 3.38. The van der Waals surface area contributed by atoms with Gasteiger partial charge in [-0.2, -0.15) is 0 Å². The van der Waals surface area contributed by atoms with E-state index in [-0.39, 0.29) is 11.9 Å². The van der Waals surface area contributed by atoms with Gasteiger partial charge in [-0.1, -0.05) is 31.2 Å². The molecule has 3 nitrogen and oxygen atoms in total. The topological polar surface area (TPSA) is 38.3 Å². The van der Waals surface area contributed by atoms with Crippen molar-refractivity contribution in [1.82, 2.24) is 5.32 Å². The molecule has 2 rings (SSSR count). The van der Waals surface area contributed by atoms with Crippen LogP contribution in [0.15, 0.2) is 36.4 Å². The van der Waals surface area contributed by atoms with Crippen molar-refractivity contribution >= 4 is 16.7 Å². The van der Waals surface area contributed by atoms with Crippen LogP contribution in [0.3, 0.4) is 0 Å². The van der Waals surface area contributed by atoms with Gasteiger partial charge in [0.2, 0.25) is 0 Å². The van der Waals surface area contributed by atoms with E-state index in [1.165, 1.54) is 0 Å². The van der Waals surface area contributed by atoms with Crippen molar-refractivity contribution in [2.45, 2.75) is 26.3 Å². The summed E-state index contributed by atoms with van der Waals surface area (Å²) < 4.78 is 5.33. The zero-order valence-corrected chi connectivity index (χ0v) is 11.6. The van der Waals surface area contributed by atoms with E-state index in [2.05, 4.69) is 5.32 Å². The molecule has 0 aliphatic heterocycles. The van der Waals surface area contributed by atoms with Crippen molar-refractivity contribution < 1.29 is 9.53 Å². The van der Waals surface area contributed by atoms with Gasteiger partial charge in [-0.3, -0.25) is 4.79 Å². The standard InChI is InChI=1S/C16H19NO2/c1-4-11(2)17-16(18)14-9-12-7-5-6-8-13(12)10-15(14)19-3/h5-11H,4H2,1-3H3,(H,17,18)/t11-/m1/s1. The number of nitrogens with one attached hydrogen (secondary N) is 1. The van der Waals surface area contributed by atoms with E-state index in [1.54, 1.807) is 7.11 Å². The summed E-state index contributed by atoms with van der Waals surface area (Å²) in [4.78, 5) is 12.2. The Morgan fingerprint density at radius 3 is 2.47 bits per heavy atom. The van der Waals surface area contributed by atoms with Gasteiger partial charge in [-0.25, -0.2) is 0 Å². The number of hydrogen-bond acceptors (Lipinski definition) is 2. The number of hydrogen-bond donors (Lipinski definition) is 1. The summed E-state index contributed by atoms with van der Waals surface area (Å²) in [5.41, 5.74) is 0.585. The maximum absolute atomic E-state index is 12.2. The number of benzene rings is 2. The lowest BCUT2D eigenvalue weighted by molar-refractivity contribution is 0.0936. The maximum Gasteiger partial charge on any atom is 0.255 e. The second-order valence-electron chi connectivity index (χ2n) is 4.68. The van der Waals surface area contributed by atoms with Gasteiger partial charge in [-0.05, 0) is 36.2 Å². The highest BCUT2D eigenvalue weighted by molar-refractivity contribution is 6.01. The van der Waals surface area contributed by atoms with Gasteiger partial charge in [-0.15, -0.1) is 0 Å². The lowest BCUT2D eigenvalue weighted by Gasteiger charge is -2.14. The minimum absolute atomic E-state index is 0.0862. The van der Waals surface area contributed by atoms with Crippen LogP contribution in [0.1, 0.15) is 30.6 Å². The first kappa shape index (κ1) is 13.4. The lowest BCUT2D eigenvalue weighted by atomic mass is 10.0. The second kappa shape index (κ2) is 5.74. The minimum Gasteiger partial charge on any atom is -0.496 e. The van der Waals surface area contributed by atoms with Crippen LogP contribution in [0, 0.1) is 0 Å². The number of carbonyl (C=O) groups excluding carboxylic acids is 1. The van der Waals surface area contributed by atoms with Crippen molar-refractivity contribution in [3.05, 3.63) is 42.0 Å². The molecule has 2 aromatic carbocycles. The number of methoxy groups -OCH3 is 1. The Labute approximate surface area is 113 Å². The van der Waals surface area contributed by atoms with Crippen molar-refractivity contribution in [3.8, 4) is 5.75 Å². The molecule has 0 unspecified atom stereocenters. The molecule has 0 spiro atoms. The molecule has 100 valence electrons. The van der Waals surface area contributed by atoms with E-state index in [0.717, 1.165) is 17.2 Å². The third kappa shape index (κ3) is 2.87. The number of carbonyl (C=O) groups is 1. The number of amides is 1. The van der Waals surface area contributed by atoms with Gasteiger partial charge in [0.05, 0.1) is 12.7 Å². The number of fused-ring (bicyclic) bond motifs is 1. The summed E-state index contributed by atoms with van der Waals surface area (Å²) in [5, 5.41) is 5.07. The highest BCUT2D eigenvalue weighted by Gasteiger charge is 2.14. The Hall–Kier alpha value is -2.03. The average molecular weight is 257 g/mol. The first-order chi connectivity index (χ1) is 9.15. The fraction of sp³-hybridized carbons (Fsp3) is 0.312. The molecular weight excluding hydrogens is 238 g/mol. The van der Waals surface area contributed by atoms with Gasteiger partial charge in [0.15, 0.2) is 0 Å². The molecule has 3 heteroatoms. The van der Waals surface area contributed by atoms with Crippen LogP contribution in [-0.4, -0.2) is 19.1 Å². The van der Waals surface area contributed by atoms with Crippen LogP contribution >= 0.6 is 0 Å². The summed E-state index contributed by atoms with van der Waals surface area (Å²) >= 11 is 0. The molecule has 0 fully saturated rings. The molecule has 19 heavy (non-hydrogen) atoms. The van der Waals surface area contributed by atoms with E-state index in [9.17, 15) is 4.79 Å². The Bertz CT molecular complexity index is 592. The Morgan fingerprint density at radius 2 is 1.89 bits per heavy atom. The van der Waals surface area contributed by atoms with E-state index in [0.29, 0.717) is 11.3 Å². The number of ether oxygens (including phenoxy) is 1. The Morgan fingerprint density at radius 1 is 1.26 bits per heavy atom. The molecule has 0 aromatic heterocycles. The molecule has 0 bridgehead atoms. The minimum atomic E-state index is -0.0862. The fourth-order valence-electron chi connectivity index (χ4n) is 1.97. The van der Waals surface area contributed by atoms with Gasteiger partial charge in [0.25, 0.3) is 5.91 Å². The molecule has 0 aliphatic carbocycles. The SMILES string of the molecule is CC[C@@H](C)NC(=O)c1cc2ccccc2cc1OC. The molecular formula is C16H19NO2. The summed E-state index contributed by atoms with van der Waals surface area (Å²) in [6.07, 6.45) is 0.904. The van der Waals surface area contributed by atoms with Crippen LogP contribution in [0.2, 0.25) is 0 Å². The quantitative estimate of drug-likeness (QED) is 0.912. The normalized spacial score (nSPS) is 12.2. The highest BCUT2D eigenvalue weighted by Crippen LogP contribution is 2.25. The van der Waals surface area contributed by atoms with Crippen molar-refractivity contribution in [1.29, 1.82) is 0 Å².